The third-order valence-electron chi connectivity index (χ3n) is 3.62. The van der Waals surface area contributed by atoms with E-state index in [1.165, 1.54) is 5.56 Å². The summed E-state index contributed by atoms with van der Waals surface area (Å²) in [5.74, 6) is 0.763. The Hall–Kier alpha value is -2.01. The van der Waals surface area contributed by atoms with Crippen LogP contribution in [-0.2, 0) is 6.54 Å². The maximum Gasteiger partial charge on any atom is 0.321 e. The Morgan fingerprint density at radius 1 is 1.22 bits per heavy atom. The fourth-order valence-electron chi connectivity index (χ4n) is 2.36. The Kier molecular flexibility index (Phi) is 5.66. The number of anilines is 1. The third kappa shape index (κ3) is 4.48. The minimum Gasteiger partial charge on any atom is -0.496 e. The lowest BCUT2D eigenvalue weighted by atomic mass is 10.1. The van der Waals surface area contributed by atoms with Crippen LogP contribution in [0.5, 0.6) is 5.75 Å². The number of urea groups is 1. The van der Waals surface area contributed by atoms with Crippen molar-refractivity contribution in [3.05, 3.63) is 57.6 Å². The van der Waals surface area contributed by atoms with Crippen LogP contribution in [0.1, 0.15) is 16.7 Å². The summed E-state index contributed by atoms with van der Waals surface area (Å²) in [6.07, 6.45) is 0. The van der Waals surface area contributed by atoms with Crippen LogP contribution in [0.15, 0.2) is 40.9 Å². The number of methoxy groups -OCH3 is 1. The maximum absolute atomic E-state index is 12.4. The highest BCUT2D eigenvalue weighted by Gasteiger charge is 2.13. The van der Waals surface area contributed by atoms with Crippen LogP contribution < -0.4 is 10.1 Å². The van der Waals surface area contributed by atoms with Gasteiger partial charge in [0.05, 0.1) is 13.7 Å². The monoisotopic (exact) mass is 376 g/mol. The molecule has 2 aromatic rings. The summed E-state index contributed by atoms with van der Waals surface area (Å²) in [6, 6.07) is 11.6. The number of nitrogens with one attached hydrogen (secondary N) is 1. The van der Waals surface area contributed by atoms with Crippen molar-refractivity contribution in [3.8, 4) is 5.75 Å². The second kappa shape index (κ2) is 7.51. The Balaban J connectivity index is 2.10. The molecule has 1 N–H and O–H groups in total. The minimum absolute atomic E-state index is 0.154. The van der Waals surface area contributed by atoms with E-state index < -0.39 is 0 Å². The normalized spacial score (nSPS) is 10.3. The van der Waals surface area contributed by atoms with Gasteiger partial charge in [-0.1, -0.05) is 33.6 Å². The van der Waals surface area contributed by atoms with Gasteiger partial charge < -0.3 is 15.0 Å². The van der Waals surface area contributed by atoms with Crippen LogP contribution in [0.25, 0.3) is 0 Å². The summed E-state index contributed by atoms with van der Waals surface area (Å²) in [4.78, 5) is 14.0. The van der Waals surface area contributed by atoms with E-state index in [9.17, 15) is 4.79 Å². The van der Waals surface area contributed by atoms with Gasteiger partial charge in [-0.15, -0.1) is 0 Å². The van der Waals surface area contributed by atoms with Crippen LogP contribution in [0.4, 0.5) is 10.5 Å². The van der Waals surface area contributed by atoms with Crippen molar-refractivity contribution < 1.29 is 9.53 Å². The molecule has 0 heterocycles. The zero-order chi connectivity index (χ0) is 17.0. The topological polar surface area (TPSA) is 41.6 Å². The van der Waals surface area contributed by atoms with Crippen molar-refractivity contribution in [1.82, 2.24) is 4.90 Å². The quantitative estimate of drug-likeness (QED) is 0.836. The molecule has 2 amide bonds. The van der Waals surface area contributed by atoms with E-state index in [2.05, 4.69) is 21.2 Å². The predicted octanol–water partition coefficient (Wildman–Crippen LogP) is 4.74. The Bertz CT molecular complexity index is 716. The number of carbonyl (C=O) groups excluding carboxylic acids is 1. The van der Waals surface area contributed by atoms with Crippen LogP contribution in [0.2, 0.25) is 0 Å². The molecule has 2 rings (SSSR count). The first-order valence-corrected chi connectivity index (χ1v) is 8.12. The predicted molar refractivity (Wildman–Crippen MR) is 97.1 cm³/mol. The molecule has 0 radical (unpaired) electrons. The van der Waals surface area contributed by atoms with E-state index in [0.717, 1.165) is 27.0 Å². The molecule has 0 aliphatic rings. The van der Waals surface area contributed by atoms with E-state index in [-0.39, 0.29) is 6.03 Å². The first kappa shape index (κ1) is 17.3. The van der Waals surface area contributed by atoms with Crippen molar-refractivity contribution in [2.45, 2.75) is 20.4 Å². The SMILES string of the molecule is COc1ccc(Br)cc1CN(C)C(=O)Nc1ccc(C)cc1C. The lowest BCUT2D eigenvalue weighted by molar-refractivity contribution is 0.220. The number of carbonyl (C=O) groups is 1. The molecule has 0 unspecified atom stereocenters. The number of ether oxygens (including phenoxy) is 1. The van der Waals surface area contributed by atoms with Crippen LogP contribution >= 0.6 is 15.9 Å². The van der Waals surface area contributed by atoms with Gasteiger partial charge in [-0.05, 0) is 43.7 Å². The van der Waals surface area contributed by atoms with Gasteiger partial charge >= 0.3 is 6.03 Å². The summed E-state index contributed by atoms with van der Waals surface area (Å²) >= 11 is 3.45. The first-order chi connectivity index (χ1) is 10.9. The van der Waals surface area contributed by atoms with Crippen LogP contribution in [-0.4, -0.2) is 25.1 Å². The standard InChI is InChI=1S/C18H21BrN2O2/c1-12-5-7-16(13(2)9-12)20-18(22)21(3)11-14-10-15(19)6-8-17(14)23-4/h5-10H,11H2,1-4H3,(H,20,22). The molecular formula is C18H21BrN2O2. The number of hydrogen-bond acceptors (Lipinski definition) is 2. The molecule has 0 spiro atoms. The molecule has 4 nitrogen and oxygen atoms in total. The summed E-state index contributed by atoms with van der Waals surface area (Å²) in [7, 11) is 3.39. The molecule has 0 aromatic heterocycles. The summed E-state index contributed by atoms with van der Waals surface area (Å²) in [6.45, 7) is 4.48. The zero-order valence-electron chi connectivity index (χ0n) is 13.8. The Morgan fingerprint density at radius 2 is 1.96 bits per heavy atom. The average Bonchev–Trinajstić information content (AvgIpc) is 2.50. The van der Waals surface area contributed by atoms with E-state index >= 15 is 0 Å². The van der Waals surface area contributed by atoms with Gasteiger partial charge in [0.1, 0.15) is 5.75 Å². The fraction of sp³-hybridized carbons (Fsp3) is 0.278. The van der Waals surface area contributed by atoms with Crippen molar-refractivity contribution in [1.29, 1.82) is 0 Å². The summed E-state index contributed by atoms with van der Waals surface area (Å²) < 4.78 is 6.31. The molecule has 0 bridgehead atoms. The molecule has 0 atom stereocenters. The van der Waals surface area contributed by atoms with E-state index in [4.69, 9.17) is 4.74 Å². The molecule has 23 heavy (non-hydrogen) atoms. The summed E-state index contributed by atoms with van der Waals surface area (Å²) in [5, 5.41) is 2.94. The van der Waals surface area contributed by atoms with Crippen LogP contribution in [0, 0.1) is 13.8 Å². The number of rotatable bonds is 4. The lowest BCUT2D eigenvalue weighted by Crippen LogP contribution is -2.31. The van der Waals surface area contributed by atoms with Gasteiger partial charge in [0.25, 0.3) is 0 Å². The van der Waals surface area contributed by atoms with E-state index in [1.807, 2.05) is 50.2 Å². The molecule has 0 fully saturated rings. The van der Waals surface area contributed by atoms with Gasteiger partial charge in [0, 0.05) is 22.8 Å². The molecular weight excluding hydrogens is 356 g/mol. The fourth-order valence-corrected chi connectivity index (χ4v) is 2.77. The number of nitrogens with zero attached hydrogens (tertiary/aromatic N) is 1. The Morgan fingerprint density at radius 3 is 2.61 bits per heavy atom. The minimum atomic E-state index is -0.154. The van der Waals surface area contributed by atoms with Crippen molar-refractivity contribution >= 4 is 27.6 Å². The second-order valence-corrected chi connectivity index (χ2v) is 6.48. The zero-order valence-corrected chi connectivity index (χ0v) is 15.4. The average molecular weight is 377 g/mol. The largest absolute Gasteiger partial charge is 0.496 e. The van der Waals surface area contributed by atoms with Gasteiger partial charge in [-0.25, -0.2) is 4.79 Å². The number of aryl methyl sites for hydroxylation is 2. The van der Waals surface area contributed by atoms with Crippen molar-refractivity contribution in [2.75, 3.05) is 19.5 Å². The third-order valence-corrected chi connectivity index (χ3v) is 4.11. The molecule has 5 heteroatoms. The lowest BCUT2D eigenvalue weighted by Gasteiger charge is -2.20. The maximum atomic E-state index is 12.4. The molecule has 2 aromatic carbocycles. The summed E-state index contributed by atoms with van der Waals surface area (Å²) in [5.41, 5.74) is 3.99. The van der Waals surface area contributed by atoms with Gasteiger partial charge in [0.2, 0.25) is 0 Å². The molecule has 0 aliphatic carbocycles. The molecule has 122 valence electrons. The number of hydrogen-bond donors (Lipinski definition) is 1. The van der Waals surface area contributed by atoms with E-state index in [0.29, 0.717) is 6.54 Å². The number of halogens is 1. The highest BCUT2D eigenvalue weighted by molar-refractivity contribution is 9.10. The smallest absolute Gasteiger partial charge is 0.321 e. The highest BCUT2D eigenvalue weighted by Crippen LogP contribution is 2.24. The molecule has 0 aliphatic heterocycles. The van der Waals surface area contributed by atoms with Gasteiger partial charge in [0.15, 0.2) is 0 Å². The Labute approximate surface area is 145 Å². The molecule has 0 saturated heterocycles. The van der Waals surface area contributed by atoms with Crippen molar-refractivity contribution in [2.24, 2.45) is 0 Å². The van der Waals surface area contributed by atoms with Gasteiger partial charge in [-0.2, -0.15) is 0 Å². The van der Waals surface area contributed by atoms with E-state index in [1.54, 1.807) is 19.1 Å². The van der Waals surface area contributed by atoms with Gasteiger partial charge in [-0.3, -0.25) is 0 Å². The van der Waals surface area contributed by atoms with Crippen LogP contribution in [0.3, 0.4) is 0 Å². The molecule has 0 saturated carbocycles. The van der Waals surface area contributed by atoms with Crippen molar-refractivity contribution in [3.63, 3.8) is 0 Å². The number of benzene rings is 2. The first-order valence-electron chi connectivity index (χ1n) is 7.32. The highest BCUT2D eigenvalue weighted by atomic mass is 79.9. The second-order valence-electron chi connectivity index (χ2n) is 5.56. The number of amides is 2.